The van der Waals surface area contributed by atoms with Crippen molar-refractivity contribution in [2.24, 2.45) is 5.73 Å². The lowest BCUT2D eigenvalue weighted by Crippen LogP contribution is -2.43. The van der Waals surface area contributed by atoms with E-state index in [2.05, 4.69) is 16.0 Å². The number of nitrogens with one attached hydrogen (secondary N) is 3. The Morgan fingerprint density at radius 2 is 1.25 bits per heavy atom. The number of amides is 3. The van der Waals surface area contributed by atoms with Crippen molar-refractivity contribution in [3.8, 4) is 0 Å². The maximum atomic E-state index is 13.0. The van der Waals surface area contributed by atoms with Gasteiger partial charge in [-0.05, 0) is 76.8 Å². The van der Waals surface area contributed by atoms with Gasteiger partial charge in [0.25, 0.3) is 11.8 Å². The number of carbonyl (C=O) groups excluding carboxylic acids is 3. The average molecular weight is 451 g/mol. The molecule has 0 aliphatic carbocycles. The number of benzene rings is 1. The molecule has 3 amide bonds. The third-order valence-corrected chi connectivity index (χ3v) is 5.12. The van der Waals surface area contributed by atoms with Crippen molar-refractivity contribution in [2.75, 3.05) is 19.6 Å². The molecule has 0 aliphatic rings. The van der Waals surface area contributed by atoms with Crippen LogP contribution in [0.25, 0.3) is 0 Å². The van der Waals surface area contributed by atoms with E-state index in [-0.39, 0.29) is 35.8 Å². The van der Waals surface area contributed by atoms with Crippen molar-refractivity contribution >= 4 is 23.7 Å². The van der Waals surface area contributed by atoms with Crippen molar-refractivity contribution in [2.45, 2.75) is 67.3 Å². The number of carboxylic acid groups (broad SMARTS) is 1. The molecule has 1 rings (SSSR count). The monoisotopic (exact) mass is 450 g/mol. The molecule has 1 atom stereocenters. The summed E-state index contributed by atoms with van der Waals surface area (Å²) >= 11 is 0. The summed E-state index contributed by atoms with van der Waals surface area (Å²) in [6.45, 7) is 14.3. The van der Waals surface area contributed by atoms with Crippen LogP contribution >= 0.6 is 0 Å². The standard InChI is InChI=1S/C21H31N3O5.C2H7N/c1-7-22-16(25)10-9-15(21(28)29)24-20(27)18-14(6)12(4)11(3)13(5)17(18)19(26)23-8-2;1-2-3/h15H,7-10H2,1-6H3,(H,22,25)(H,23,26)(H,24,27)(H,28,29);2-3H2,1H3. The molecule has 0 saturated carbocycles. The molecule has 9 nitrogen and oxygen atoms in total. The Morgan fingerprint density at radius 1 is 0.812 bits per heavy atom. The largest absolute Gasteiger partial charge is 0.480 e. The van der Waals surface area contributed by atoms with E-state index < -0.39 is 17.9 Å². The van der Waals surface area contributed by atoms with Crippen LogP contribution in [0.1, 0.15) is 76.6 Å². The number of carbonyl (C=O) groups is 4. The molecule has 0 bridgehead atoms. The quantitative estimate of drug-likeness (QED) is 0.387. The van der Waals surface area contributed by atoms with Gasteiger partial charge >= 0.3 is 5.97 Å². The third-order valence-electron chi connectivity index (χ3n) is 5.12. The van der Waals surface area contributed by atoms with Crippen LogP contribution in [0.2, 0.25) is 0 Å². The molecule has 1 unspecified atom stereocenters. The Bertz CT molecular complexity index is 836. The Hall–Kier alpha value is -2.94. The Kier molecular flexibility index (Phi) is 12.9. The predicted octanol–water partition coefficient (Wildman–Crippen LogP) is 1.73. The molecule has 0 heterocycles. The number of hydrogen-bond acceptors (Lipinski definition) is 5. The van der Waals surface area contributed by atoms with Gasteiger partial charge in [0.15, 0.2) is 0 Å². The number of nitrogens with two attached hydrogens (primary N) is 1. The van der Waals surface area contributed by atoms with E-state index in [4.69, 9.17) is 5.73 Å². The number of carboxylic acids is 1. The lowest BCUT2D eigenvalue weighted by Gasteiger charge is -2.21. The molecule has 0 fully saturated rings. The summed E-state index contributed by atoms with van der Waals surface area (Å²) in [4.78, 5) is 49.0. The number of hydrogen-bond donors (Lipinski definition) is 5. The zero-order valence-electron chi connectivity index (χ0n) is 20.3. The molecule has 1 aromatic rings. The zero-order valence-corrected chi connectivity index (χ0v) is 20.3. The molecule has 180 valence electrons. The highest BCUT2D eigenvalue weighted by Gasteiger charge is 2.28. The van der Waals surface area contributed by atoms with Crippen LogP contribution in [-0.4, -0.2) is 54.5 Å². The first-order valence-electron chi connectivity index (χ1n) is 10.9. The molecule has 0 spiro atoms. The third kappa shape index (κ3) is 7.96. The minimum Gasteiger partial charge on any atom is -0.480 e. The summed E-state index contributed by atoms with van der Waals surface area (Å²) in [5.41, 5.74) is 8.35. The van der Waals surface area contributed by atoms with Gasteiger partial charge in [-0.3, -0.25) is 14.4 Å². The van der Waals surface area contributed by atoms with Crippen molar-refractivity contribution in [3.05, 3.63) is 33.4 Å². The molecule has 1 aromatic carbocycles. The normalized spacial score (nSPS) is 11.0. The van der Waals surface area contributed by atoms with E-state index in [0.717, 1.165) is 17.7 Å². The maximum Gasteiger partial charge on any atom is 0.326 e. The summed E-state index contributed by atoms with van der Waals surface area (Å²) in [7, 11) is 0. The van der Waals surface area contributed by atoms with Crippen LogP contribution < -0.4 is 21.7 Å². The first-order chi connectivity index (χ1) is 15.0. The summed E-state index contributed by atoms with van der Waals surface area (Å²) in [5, 5.41) is 17.3. The highest BCUT2D eigenvalue weighted by Crippen LogP contribution is 2.27. The zero-order chi connectivity index (χ0) is 25.0. The molecule has 0 aromatic heterocycles. The fourth-order valence-electron chi connectivity index (χ4n) is 3.18. The van der Waals surface area contributed by atoms with Crippen LogP contribution in [0.5, 0.6) is 0 Å². The van der Waals surface area contributed by atoms with Crippen LogP contribution in [0.3, 0.4) is 0 Å². The van der Waals surface area contributed by atoms with Crippen molar-refractivity contribution in [1.29, 1.82) is 0 Å². The Labute approximate surface area is 190 Å². The second kappa shape index (κ2) is 14.2. The van der Waals surface area contributed by atoms with Gasteiger partial charge in [0, 0.05) is 19.5 Å². The smallest absolute Gasteiger partial charge is 0.326 e. The number of aliphatic carboxylic acids is 1. The summed E-state index contributed by atoms with van der Waals surface area (Å²) < 4.78 is 0. The molecular formula is C23H38N4O5. The van der Waals surface area contributed by atoms with Crippen molar-refractivity contribution < 1.29 is 24.3 Å². The van der Waals surface area contributed by atoms with Gasteiger partial charge < -0.3 is 26.8 Å². The topological polar surface area (TPSA) is 151 Å². The molecule has 0 radical (unpaired) electrons. The highest BCUT2D eigenvalue weighted by atomic mass is 16.4. The Morgan fingerprint density at radius 3 is 1.66 bits per heavy atom. The molecule has 0 aliphatic heterocycles. The van der Waals surface area contributed by atoms with Crippen LogP contribution in [-0.2, 0) is 9.59 Å². The van der Waals surface area contributed by atoms with Gasteiger partial charge in [-0.1, -0.05) is 6.92 Å². The second-order valence-electron chi connectivity index (χ2n) is 7.37. The molecule has 6 N–H and O–H groups in total. The fraction of sp³-hybridized carbons (Fsp3) is 0.565. The molecule has 0 saturated heterocycles. The van der Waals surface area contributed by atoms with Gasteiger partial charge in [-0.15, -0.1) is 0 Å². The SMILES string of the molecule is CCN.CCNC(=O)CCC(NC(=O)c1c(C)c(C)c(C)c(C)c1C(=O)NCC)C(=O)O. The lowest BCUT2D eigenvalue weighted by atomic mass is 9.87. The van der Waals surface area contributed by atoms with E-state index >= 15 is 0 Å². The average Bonchev–Trinajstić information content (AvgIpc) is 2.72. The minimum absolute atomic E-state index is 0.0286. The highest BCUT2D eigenvalue weighted by molar-refractivity contribution is 6.10. The fourth-order valence-corrected chi connectivity index (χ4v) is 3.18. The molecular weight excluding hydrogens is 412 g/mol. The summed E-state index contributed by atoms with van der Waals surface area (Å²) in [6.07, 6.45) is -0.0779. The van der Waals surface area contributed by atoms with Crippen molar-refractivity contribution in [1.82, 2.24) is 16.0 Å². The maximum absolute atomic E-state index is 13.0. The number of rotatable bonds is 9. The van der Waals surface area contributed by atoms with E-state index in [0.29, 0.717) is 24.2 Å². The van der Waals surface area contributed by atoms with E-state index in [1.165, 1.54) is 0 Å². The first kappa shape index (κ1) is 29.1. The van der Waals surface area contributed by atoms with Crippen LogP contribution in [0.4, 0.5) is 0 Å². The Balaban J connectivity index is 0.00000302. The van der Waals surface area contributed by atoms with Gasteiger partial charge in [-0.2, -0.15) is 0 Å². The molecule has 9 heteroatoms. The minimum atomic E-state index is -1.24. The molecule has 32 heavy (non-hydrogen) atoms. The van der Waals surface area contributed by atoms with Gasteiger partial charge in [-0.25, -0.2) is 4.79 Å². The van der Waals surface area contributed by atoms with Gasteiger partial charge in [0.1, 0.15) is 6.04 Å². The van der Waals surface area contributed by atoms with Crippen LogP contribution in [0, 0.1) is 27.7 Å². The van der Waals surface area contributed by atoms with Crippen LogP contribution in [0.15, 0.2) is 0 Å². The van der Waals surface area contributed by atoms with E-state index in [1.54, 1.807) is 27.7 Å². The summed E-state index contributed by atoms with van der Waals surface area (Å²) in [6, 6.07) is -1.24. The first-order valence-corrected chi connectivity index (χ1v) is 10.9. The van der Waals surface area contributed by atoms with Gasteiger partial charge in [0.05, 0.1) is 11.1 Å². The predicted molar refractivity (Wildman–Crippen MR) is 125 cm³/mol. The lowest BCUT2D eigenvalue weighted by molar-refractivity contribution is -0.139. The van der Waals surface area contributed by atoms with Crippen molar-refractivity contribution in [3.63, 3.8) is 0 Å². The van der Waals surface area contributed by atoms with E-state index in [9.17, 15) is 24.3 Å². The summed E-state index contributed by atoms with van der Waals surface area (Å²) in [5.74, 6) is -2.54. The second-order valence-corrected chi connectivity index (χ2v) is 7.37. The van der Waals surface area contributed by atoms with E-state index in [1.807, 2.05) is 20.8 Å². The van der Waals surface area contributed by atoms with Gasteiger partial charge in [0.2, 0.25) is 5.91 Å².